The van der Waals surface area contributed by atoms with Crippen LogP contribution in [0.3, 0.4) is 0 Å². The summed E-state index contributed by atoms with van der Waals surface area (Å²) in [7, 11) is 0. The number of nitrogens with zero attached hydrogens (tertiary/aromatic N) is 3. The number of nitro groups is 1. The Morgan fingerprint density at radius 1 is 1.45 bits per heavy atom. The third-order valence-corrected chi connectivity index (χ3v) is 4.13. The van der Waals surface area contributed by atoms with E-state index in [0.717, 1.165) is 4.34 Å². The summed E-state index contributed by atoms with van der Waals surface area (Å²) < 4.78 is 0.795. The highest BCUT2D eigenvalue weighted by Crippen LogP contribution is 2.24. The normalized spacial score (nSPS) is 10.2. The van der Waals surface area contributed by atoms with Crippen LogP contribution in [-0.2, 0) is 4.79 Å². The van der Waals surface area contributed by atoms with E-state index in [1.54, 1.807) is 17.6 Å². The molecule has 0 aliphatic rings. The summed E-state index contributed by atoms with van der Waals surface area (Å²) in [4.78, 5) is 22.0. The third kappa shape index (κ3) is 4.00. The second kappa shape index (κ2) is 6.96. The van der Waals surface area contributed by atoms with Crippen LogP contribution in [0.15, 0.2) is 34.1 Å². The van der Waals surface area contributed by atoms with E-state index in [0.29, 0.717) is 5.75 Å². The molecule has 2 rings (SSSR count). The molecule has 0 aliphatic carbocycles. The van der Waals surface area contributed by atoms with Gasteiger partial charge in [-0.2, -0.15) is 0 Å². The Hall–Kier alpha value is -2.00. The number of hydrogen-bond donors (Lipinski definition) is 1. The first-order valence-electron chi connectivity index (χ1n) is 5.59. The second-order valence-electron chi connectivity index (χ2n) is 3.63. The van der Waals surface area contributed by atoms with Crippen molar-refractivity contribution in [2.24, 2.45) is 0 Å². The summed E-state index contributed by atoms with van der Waals surface area (Å²) in [6.45, 7) is 0. The summed E-state index contributed by atoms with van der Waals surface area (Å²) in [5.74, 6) is 0.276. The van der Waals surface area contributed by atoms with Crippen molar-refractivity contribution in [1.82, 2.24) is 10.2 Å². The Labute approximate surface area is 122 Å². The van der Waals surface area contributed by atoms with Crippen LogP contribution in [0, 0.1) is 10.1 Å². The van der Waals surface area contributed by atoms with Gasteiger partial charge in [0.1, 0.15) is 11.2 Å². The zero-order chi connectivity index (χ0) is 14.4. The van der Waals surface area contributed by atoms with Crippen molar-refractivity contribution in [2.75, 3.05) is 11.1 Å². The minimum Gasteiger partial charge on any atom is -0.320 e. The number of hydrogen-bond acceptors (Lipinski definition) is 7. The van der Waals surface area contributed by atoms with Gasteiger partial charge in [-0.05, 0) is 6.07 Å². The van der Waals surface area contributed by atoms with Crippen molar-refractivity contribution in [3.05, 3.63) is 39.9 Å². The van der Waals surface area contributed by atoms with Gasteiger partial charge in [-0.1, -0.05) is 35.2 Å². The molecule has 0 atom stereocenters. The van der Waals surface area contributed by atoms with Crippen molar-refractivity contribution >= 4 is 40.4 Å². The first kappa shape index (κ1) is 14.4. The first-order valence-corrected chi connectivity index (χ1v) is 7.45. The van der Waals surface area contributed by atoms with Gasteiger partial charge in [-0.3, -0.25) is 14.9 Å². The lowest BCUT2D eigenvalue weighted by Crippen LogP contribution is -2.13. The zero-order valence-electron chi connectivity index (χ0n) is 10.2. The molecule has 0 saturated heterocycles. The van der Waals surface area contributed by atoms with Gasteiger partial charge in [-0.15, -0.1) is 10.2 Å². The highest BCUT2D eigenvalue weighted by molar-refractivity contribution is 8.01. The molecule has 1 aromatic carbocycles. The lowest BCUT2D eigenvalue weighted by Gasteiger charge is -2.05. The number of carbonyl (C=O) groups excluding carboxylic acids is 1. The molecule has 9 heteroatoms. The molecular weight excluding hydrogens is 300 g/mol. The van der Waals surface area contributed by atoms with Crippen molar-refractivity contribution in [3.63, 3.8) is 0 Å². The van der Waals surface area contributed by atoms with Crippen LogP contribution in [0.4, 0.5) is 11.4 Å². The number of benzene rings is 1. The second-order valence-corrected chi connectivity index (χ2v) is 5.80. The van der Waals surface area contributed by atoms with E-state index in [1.807, 2.05) is 0 Å². The minimum absolute atomic E-state index is 0.113. The van der Waals surface area contributed by atoms with Gasteiger partial charge in [0, 0.05) is 18.2 Å². The minimum atomic E-state index is -0.522. The number of para-hydroxylation sites is 2. The molecule has 1 aromatic heterocycles. The fraction of sp³-hybridized carbons (Fsp3) is 0.182. The number of nitro benzene ring substituents is 1. The van der Waals surface area contributed by atoms with Gasteiger partial charge in [0.2, 0.25) is 5.91 Å². The van der Waals surface area contributed by atoms with Gasteiger partial charge < -0.3 is 5.32 Å². The van der Waals surface area contributed by atoms with Crippen LogP contribution in [0.1, 0.15) is 6.42 Å². The molecule has 0 saturated carbocycles. The summed E-state index contributed by atoms with van der Waals surface area (Å²) in [6, 6.07) is 6.05. The highest BCUT2D eigenvalue weighted by Gasteiger charge is 2.14. The van der Waals surface area contributed by atoms with E-state index in [1.165, 1.54) is 35.2 Å². The number of nitrogens with one attached hydrogen (secondary N) is 1. The number of amides is 1. The molecule has 1 amide bonds. The monoisotopic (exact) mass is 310 g/mol. The van der Waals surface area contributed by atoms with Crippen LogP contribution < -0.4 is 5.32 Å². The first-order chi connectivity index (χ1) is 9.66. The molecule has 2 aromatic rings. The van der Waals surface area contributed by atoms with E-state index in [-0.39, 0.29) is 23.7 Å². The van der Waals surface area contributed by atoms with Crippen LogP contribution in [0.25, 0.3) is 0 Å². The zero-order valence-corrected chi connectivity index (χ0v) is 11.8. The molecule has 0 aliphatic heterocycles. The molecule has 7 nitrogen and oxygen atoms in total. The molecule has 104 valence electrons. The Kier molecular flexibility index (Phi) is 5.02. The standard InChI is InChI=1S/C11H10N4O3S2/c16-10(5-6-19-11-14-12-7-20-11)13-8-3-1-2-4-9(8)15(17)18/h1-4,7H,5-6H2,(H,13,16). The molecule has 20 heavy (non-hydrogen) atoms. The Bertz CT molecular complexity index is 603. The lowest BCUT2D eigenvalue weighted by molar-refractivity contribution is -0.383. The molecule has 0 bridgehead atoms. The highest BCUT2D eigenvalue weighted by atomic mass is 32.2. The predicted octanol–water partition coefficient (Wildman–Crippen LogP) is 2.57. The predicted molar refractivity (Wildman–Crippen MR) is 77.0 cm³/mol. The molecule has 0 radical (unpaired) electrons. The van der Waals surface area contributed by atoms with Crippen molar-refractivity contribution < 1.29 is 9.72 Å². The van der Waals surface area contributed by atoms with Crippen molar-refractivity contribution in [3.8, 4) is 0 Å². The summed E-state index contributed by atoms with van der Waals surface area (Å²) in [5.41, 5.74) is 1.72. The topological polar surface area (TPSA) is 98.0 Å². The van der Waals surface area contributed by atoms with Gasteiger partial charge in [0.05, 0.1) is 4.92 Å². The number of thioether (sulfide) groups is 1. The average molecular weight is 310 g/mol. The summed E-state index contributed by atoms with van der Waals surface area (Å²) in [5, 5.41) is 20.9. The van der Waals surface area contributed by atoms with E-state index >= 15 is 0 Å². The van der Waals surface area contributed by atoms with Crippen LogP contribution in [0.5, 0.6) is 0 Å². The Morgan fingerprint density at radius 2 is 2.25 bits per heavy atom. The maximum absolute atomic E-state index is 11.7. The molecule has 0 fully saturated rings. The average Bonchev–Trinajstić information content (AvgIpc) is 2.92. The third-order valence-electron chi connectivity index (χ3n) is 2.27. The largest absolute Gasteiger partial charge is 0.320 e. The number of carbonyl (C=O) groups is 1. The summed E-state index contributed by atoms with van der Waals surface area (Å²) in [6.07, 6.45) is 0.246. The maximum Gasteiger partial charge on any atom is 0.292 e. The molecule has 1 N–H and O–H groups in total. The van der Waals surface area contributed by atoms with Gasteiger partial charge in [0.15, 0.2) is 4.34 Å². The fourth-order valence-electron chi connectivity index (χ4n) is 1.41. The number of anilines is 1. The molecule has 0 spiro atoms. The number of rotatable bonds is 6. The molecule has 0 unspecified atom stereocenters. The maximum atomic E-state index is 11.7. The van der Waals surface area contributed by atoms with Crippen LogP contribution >= 0.6 is 23.1 Å². The van der Waals surface area contributed by atoms with E-state index < -0.39 is 4.92 Å². The molecule has 1 heterocycles. The quantitative estimate of drug-likeness (QED) is 0.500. The Balaban J connectivity index is 1.87. The van der Waals surface area contributed by atoms with E-state index in [9.17, 15) is 14.9 Å². The van der Waals surface area contributed by atoms with Crippen LogP contribution in [-0.4, -0.2) is 26.8 Å². The van der Waals surface area contributed by atoms with E-state index in [4.69, 9.17) is 0 Å². The fourth-order valence-corrected chi connectivity index (χ4v) is 2.91. The lowest BCUT2D eigenvalue weighted by atomic mass is 10.2. The van der Waals surface area contributed by atoms with Gasteiger partial charge in [-0.25, -0.2) is 0 Å². The van der Waals surface area contributed by atoms with Crippen LogP contribution in [0.2, 0.25) is 0 Å². The van der Waals surface area contributed by atoms with Crippen molar-refractivity contribution in [2.45, 2.75) is 10.8 Å². The van der Waals surface area contributed by atoms with Gasteiger partial charge in [0.25, 0.3) is 5.69 Å². The smallest absolute Gasteiger partial charge is 0.292 e. The number of aromatic nitrogens is 2. The summed E-state index contributed by atoms with van der Waals surface area (Å²) >= 11 is 2.83. The van der Waals surface area contributed by atoms with Crippen molar-refractivity contribution in [1.29, 1.82) is 0 Å². The SMILES string of the molecule is O=C(CCSc1nncs1)Nc1ccccc1[N+](=O)[O-]. The van der Waals surface area contributed by atoms with E-state index in [2.05, 4.69) is 15.5 Å². The molecular formula is C11H10N4O3S2. The van der Waals surface area contributed by atoms with Gasteiger partial charge >= 0.3 is 0 Å². The Morgan fingerprint density at radius 3 is 2.95 bits per heavy atom.